The summed E-state index contributed by atoms with van der Waals surface area (Å²) >= 11 is 5.46. The Hall–Kier alpha value is -2.07. The zero-order valence-electron chi connectivity index (χ0n) is 12.6. The maximum absolute atomic E-state index is 5.68. The summed E-state index contributed by atoms with van der Waals surface area (Å²) in [6.07, 6.45) is 1.93. The Kier molecular flexibility index (Phi) is 4.59. The van der Waals surface area contributed by atoms with Crippen molar-refractivity contribution in [3.8, 4) is 5.75 Å². The molecule has 114 valence electrons. The molecule has 2 aromatic rings. The number of hydrogen-bond donors (Lipinski definition) is 2. The molecule has 1 heterocycles. The minimum atomic E-state index is 0.194. The standard InChI is InChI=1S/C18H20N2OS/c1-2-13-6-5-7-14(12-13)19-18(22)20-16-10-11-21-17-9-4-3-8-15(16)17/h3-9,12,16H,2,10-11H2,1H3,(H2,19,20,22)/t16-/m1/s1. The Balaban J connectivity index is 1.67. The molecule has 0 amide bonds. The van der Waals surface area contributed by atoms with Gasteiger partial charge in [-0.1, -0.05) is 37.3 Å². The van der Waals surface area contributed by atoms with Crippen molar-refractivity contribution >= 4 is 23.0 Å². The van der Waals surface area contributed by atoms with E-state index in [4.69, 9.17) is 17.0 Å². The minimum absolute atomic E-state index is 0.194. The fraction of sp³-hybridized carbons (Fsp3) is 0.278. The molecule has 0 fully saturated rings. The molecule has 0 aliphatic carbocycles. The summed E-state index contributed by atoms with van der Waals surface area (Å²) in [5.74, 6) is 0.946. The van der Waals surface area contributed by atoms with E-state index >= 15 is 0 Å². The molecular weight excluding hydrogens is 292 g/mol. The number of benzene rings is 2. The summed E-state index contributed by atoms with van der Waals surface area (Å²) in [5, 5.41) is 7.32. The van der Waals surface area contributed by atoms with E-state index in [-0.39, 0.29) is 6.04 Å². The largest absolute Gasteiger partial charge is 0.493 e. The Morgan fingerprint density at radius 1 is 1.23 bits per heavy atom. The first-order chi connectivity index (χ1) is 10.8. The molecule has 0 aromatic heterocycles. The average Bonchev–Trinajstić information content (AvgIpc) is 2.55. The summed E-state index contributed by atoms with van der Waals surface area (Å²) < 4.78 is 5.68. The van der Waals surface area contributed by atoms with Crippen LogP contribution in [0.5, 0.6) is 5.75 Å². The molecule has 2 aromatic carbocycles. The Morgan fingerprint density at radius 2 is 2.09 bits per heavy atom. The molecule has 3 nitrogen and oxygen atoms in total. The summed E-state index contributed by atoms with van der Waals surface area (Å²) in [7, 11) is 0. The van der Waals surface area contributed by atoms with Crippen molar-refractivity contribution in [2.45, 2.75) is 25.8 Å². The second-order valence-corrected chi connectivity index (χ2v) is 5.79. The zero-order valence-corrected chi connectivity index (χ0v) is 13.5. The topological polar surface area (TPSA) is 33.3 Å². The summed E-state index contributed by atoms with van der Waals surface area (Å²) in [6, 6.07) is 16.6. The first-order valence-electron chi connectivity index (χ1n) is 7.64. The lowest BCUT2D eigenvalue weighted by molar-refractivity contribution is 0.262. The normalized spacial score (nSPS) is 16.3. The Labute approximate surface area is 136 Å². The molecule has 0 radical (unpaired) electrons. The third kappa shape index (κ3) is 3.39. The molecule has 1 atom stereocenters. The monoisotopic (exact) mass is 312 g/mol. The quantitative estimate of drug-likeness (QED) is 0.838. The van der Waals surface area contributed by atoms with E-state index in [2.05, 4.69) is 35.8 Å². The highest BCUT2D eigenvalue weighted by Gasteiger charge is 2.21. The zero-order chi connectivity index (χ0) is 15.4. The predicted octanol–water partition coefficient (Wildman–Crippen LogP) is 4.06. The van der Waals surface area contributed by atoms with Gasteiger partial charge in [0.2, 0.25) is 0 Å². The second-order valence-electron chi connectivity index (χ2n) is 5.38. The van der Waals surface area contributed by atoms with Crippen LogP contribution in [0.1, 0.15) is 30.5 Å². The Bertz CT molecular complexity index is 672. The molecule has 0 bridgehead atoms. The third-order valence-electron chi connectivity index (χ3n) is 3.86. The van der Waals surface area contributed by atoms with Gasteiger partial charge in [-0.3, -0.25) is 0 Å². The van der Waals surface area contributed by atoms with Gasteiger partial charge >= 0.3 is 0 Å². The van der Waals surface area contributed by atoms with Gasteiger partial charge in [0.25, 0.3) is 0 Å². The fourth-order valence-electron chi connectivity index (χ4n) is 2.69. The van der Waals surface area contributed by atoms with Gasteiger partial charge in [-0.15, -0.1) is 0 Å². The summed E-state index contributed by atoms with van der Waals surface area (Å²) in [6.45, 7) is 2.86. The summed E-state index contributed by atoms with van der Waals surface area (Å²) in [5.41, 5.74) is 3.49. The number of anilines is 1. The van der Waals surface area contributed by atoms with Gasteiger partial charge < -0.3 is 15.4 Å². The molecule has 1 aliphatic rings. The number of aryl methyl sites for hydroxylation is 1. The van der Waals surface area contributed by atoms with Gasteiger partial charge in [0.15, 0.2) is 5.11 Å². The van der Waals surface area contributed by atoms with Gasteiger partial charge in [0, 0.05) is 17.7 Å². The third-order valence-corrected chi connectivity index (χ3v) is 4.08. The molecule has 2 N–H and O–H groups in total. The lowest BCUT2D eigenvalue weighted by atomic mass is 10.0. The maximum atomic E-state index is 5.68. The van der Waals surface area contributed by atoms with Gasteiger partial charge in [0.1, 0.15) is 5.75 Å². The van der Waals surface area contributed by atoms with Crippen molar-refractivity contribution in [1.82, 2.24) is 5.32 Å². The van der Waals surface area contributed by atoms with E-state index in [1.807, 2.05) is 30.3 Å². The first-order valence-corrected chi connectivity index (χ1v) is 8.05. The smallest absolute Gasteiger partial charge is 0.171 e. The maximum Gasteiger partial charge on any atom is 0.171 e. The van der Waals surface area contributed by atoms with Gasteiger partial charge in [-0.2, -0.15) is 0 Å². The van der Waals surface area contributed by atoms with Crippen LogP contribution in [0.15, 0.2) is 48.5 Å². The van der Waals surface area contributed by atoms with E-state index < -0.39 is 0 Å². The highest BCUT2D eigenvalue weighted by Crippen LogP contribution is 2.31. The molecule has 3 rings (SSSR count). The van der Waals surface area contributed by atoms with E-state index in [0.717, 1.165) is 24.3 Å². The lowest BCUT2D eigenvalue weighted by Gasteiger charge is -2.27. The van der Waals surface area contributed by atoms with Crippen molar-refractivity contribution in [2.24, 2.45) is 0 Å². The van der Waals surface area contributed by atoms with Gasteiger partial charge in [-0.25, -0.2) is 0 Å². The van der Waals surface area contributed by atoms with Crippen LogP contribution in [0.25, 0.3) is 0 Å². The SMILES string of the molecule is CCc1cccc(NC(=S)N[C@@H]2CCOc3ccccc32)c1. The molecule has 0 saturated carbocycles. The van der Waals surface area contributed by atoms with Gasteiger partial charge in [0.05, 0.1) is 12.6 Å². The highest BCUT2D eigenvalue weighted by molar-refractivity contribution is 7.80. The van der Waals surface area contributed by atoms with Crippen molar-refractivity contribution < 1.29 is 4.74 Å². The average molecular weight is 312 g/mol. The Morgan fingerprint density at radius 3 is 2.95 bits per heavy atom. The number of ether oxygens (including phenoxy) is 1. The highest BCUT2D eigenvalue weighted by atomic mass is 32.1. The molecular formula is C18H20N2OS. The van der Waals surface area contributed by atoms with Crippen molar-refractivity contribution in [3.63, 3.8) is 0 Å². The van der Waals surface area contributed by atoms with E-state index in [1.165, 1.54) is 11.1 Å². The van der Waals surface area contributed by atoms with Crippen molar-refractivity contribution in [2.75, 3.05) is 11.9 Å². The van der Waals surface area contributed by atoms with E-state index in [1.54, 1.807) is 0 Å². The van der Waals surface area contributed by atoms with Crippen LogP contribution in [0.3, 0.4) is 0 Å². The number of para-hydroxylation sites is 1. The van der Waals surface area contributed by atoms with Crippen LogP contribution in [-0.4, -0.2) is 11.7 Å². The van der Waals surface area contributed by atoms with Crippen LogP contribution in [0.2, 0.25) is 0 Å². The second kappa shape index (κ2) is 6.79. The predicted molar refractivity (Wildman–Crippen MR) is 94.5 cm³/mol. The molecule has 0 unspecified atom stereocenters. The van der Waals surface area contributed by atoms with Crippen LogP contribution < -0.4 is 15.4 Å². The van der Waals surface area contributed by atoms with Crippen LogP contribution in [0, 0.1) is 0 Å². The number of nitrogens with one attached hydrogen (secondary N) is 2. The van der Waals surface area contributed by atoms with Crippen LogP contribution in [-0.2, 0) is 6.42 Å². The van der Waals surface area contributed by atoms with Crippen LogP contribution in [0.4, 0.5) is 5.69 Å². The minimum Gasteiger partial charge on any atom is -0.493 e. The molecule has 22 heavy (non-hydrogen) atoms. The number of thiocarbonyl (C=S) groups is 1. The fourth-order valence-corrected chi connectivity index (χ4v) is 2.95. The number of rotatable bonds is 3. The summed E-state index contributed by atoms with van der Waals surface area (Å²) in [4.78, 5) is 0. The lowest BCUT2D eigenvalue weighted by Crippen LogP contribution is -2.35. The first kappa shape index (κ1) is 14.9. The molecule has 0 saturated heterocycles. The van der Waals surface area contributed by atoms with Crippen molar-refractivity contribution in [3.05, 3.63) is 59.7 Å². The van der Waals surface area contributed by atoms with E-state index in [9.17, 15) is 0 Å². The molecule has 1 aliphatic heterocycles. The molecule has 4 heteroatoms. The van der Waals surface area contributed by atoms with E-state index in [0.29, 0.717) is 11.7 Å². The van der Waals surface area contributed by atoms with Crippen molar-refractivity contribution in [1.29, 1.82) is 0 Å². The van der Waals surface area contributed by atoms with Gasteiger partial charge in [-0.05, 0) is 42.4 Å². The number of fused-ring (bicyclic) bond motifs is 1. The number of hydrogen-bond acceptors (Lipinski definition) is 2. The van der Waals surface area contributed by atoms with Crippen LogP contribution >= 0.6 is 12.2 Å². The molecule has 0 spiro atoms.